The molecule has 0 aromatic heterocycles. The standard InChI is InChI=1S/C7H3ClFIO2/c8-7(11)12-5-3-1-2-4(9)6(5)10/h1-3H. The van der Waals surface area contributed by atoms with Crippen LogP contribution in [-0.4, -0.2) is 5.43 Å². The van der Waals surface area contributed by atoms with Gasteiger partial charge in [-0.1, -0.05) is 6.07 Å². The Kier molecular flexibility index (Phi) is 3.28. The van der Waals surface area contributed by atoms with Gasteiger partial charge in [-0.15, -0.1) is 0 Å². The summed E-state index contributed by atoms with van der Waals surface area (Å²) < 4.78 is 17.5. The van der Waals surface area contributed by atoms with Gasteiger partial charge in [-0.05, 0) is 34.7 Å². The fourth-order valence-electron chi connectivity index (χ4n) is 0.649. The Morgan fingerprint density at radius 1 is 1.58 bits per heavy atom. The number of hydrogen-bond donors (Lipinski definition) is 0. The molecule has 0 spiro atoms. The maximum Gasteiger partial charge on any atom is 0.409 e. The summed E-state index contributed by atoms with van der Waals surface area (Å²) in [5, 5.41) is 0. The van der Waals surface area contributed by atoms with Crippen LogP contribution < -0.4 is 4.74 Å². The van der Waals surface area contributed by atoms with Gasteiger partial charge >= 0.3 is 5.43 Å². The molecule has 0 aliphatic rings. The van der Waals surface area contributed by atoms with Gasteiger partial charge in [0.15, 0.2) is 0 Å². The second kappa shape index (κ2) is 4.04. The first-order chi connectivity index (χ1) is 5.61. The van der Waals surface area contributed by atoms with Gasteiger partial charge in [0.05, 0.1) is 3.57 Å². The number of benzene rings is 1. The molecule has 0 aliphatic carbocycles. The highest BCUT2D eigenvalue weighted by Gasteiger charge is 2.08. The predicted molar refractivity (Wildman–Crippen MR) is 51.0 cm³/mol. The first-order valence-electron chi connectivity index (χ1n) is 2.92. The van der Waals surface area contributed by atoms with Gasteiger partial charge in [-0.25, -0.2) is 9.18 Å². The maximum absolute atomic E-state index is 12.8. The molecule has 0 radical (unpaired) electrons. The molecule has 1 aromatic carbocycles. The quantitative estimate of drug-likeness (QED) is 0.588. The molecule has 0 unspecified atom stereocenters. The fraction of sp³-hybridized carbons (Fsp3) is 0. The monoisotopic (exact) mass is 300 g/mol. The number of ether oxygens (including phenoxy) is 1. The lowest BCUT2D eigenvalue weighted by atomic mass is 10.3. The molecule has 64 valence electrons. The first kappa shape index (κ1) is 9.73. The highest BCUT2D eigenvalue weighted by molar-refractivity contribution is 14.1. The van der Waals surface area contributed by atoms with Crippen molar-refractivity contribution in [3.8, 4) is 5.75 Å². The number of carbonyl (C=O) groups excluding carboxylic acids is 1. The highest BCUT2D eigenvalue weighted by atomic mass is 127. The summed E-state index contributed by atoms with van der Waals surface area (Å²) in [6.45, 7) is 0. The van der Waals surface area contributed by atoms with Crippen molar-refractivity contribution in [3.05, 3.63) is 27.6 Å². The second-order valence-corrected chi connectivity index (χ2v) is 3.28. The van der Waals surface area contributed by atoms with Crippen LogP contribution >= 0.6 is 34.2 Å². The van der Waals surface area contributed by atoms with Crippen molar-refractivity contribution in [2.75, 3.05) is 0 Å². The van der Waals surface area contributed by atoms with Crippen molar-refractivity contribution in [2.45, 2.75) is 0 Å². The molecule has 1 aromatic rings. The zero-order valence-electron chi connectivity index (χ0n) is 5.68. The van der Waals surface area contributed by atoms with E-state index in [2.05, 4.69) is 4.74 Å². The summed E-state index contributed by atoms with van der Waals surface area (Å²) in [4.78, 5) is 10.3. The molecular formula is C7H3ClFIO2. The number of carbonyl (C=O) groups is 1. The highest BCUT2D eigenvalue weighted by Crippen LogP contribution is 2.23. The minimum Gasteiger partial charge on any atom is -0.413 e. The van der Waals surface area contributed by atoms with E-state index >= 15 is 0 Å². The van der Waals surface area contributed by atoms with E-state index < -0.39 is 11.2 Å². The van der Waals surface area contributed by atoms with E-state index in [1.807, 2.05) is 0 Å². The first-order valence-corrected chi connectivity index (χ1v) is 4.38. The number of rotatable bonds is 1. The van der Waals surface area contributed by atoms with Crippen molar-refractivity contribution < 1.29 is 13.9 Å². The van der Waals surface area contributed by atoms with Gasteiger partial charge < -0.3 is 4.74 Å². The van der Waals surface area contributed by atoms with Crippen molar-refractivity contribution in [2.24, 2.45) is 0 Å². The molecule has 0 saturated heterocycles. The van der Waals surface area contributed by atoms with Crippen LogP contribution in [0.3, 0.4) is 0 Å². The Hall–Kier alpha value is -0.360. The van der Waals surface area contributed by atoms with E-state index in [9.17, 15) is 9.18 Å². The molecular weight excluding hydrogens is 297 g/mol. The maximum atomic E-state index is 12.8. The van der Waals surface area contributed by atoms with Crippen molar-refractivity contribution in [1.82, 2.24) is 0 Å². The van der Waals surface area contributed by atoms with E-state index in [-0.39, 0.29) is 9.32 Å². The Morgan fingerprint density at radius 3 is 2.83 bits per heavy atom. The van der Waals surface area contributed by atoms with E-state index in [1.54, 1.807) is 22.6 Å². The molecule has 5 heteroatoms. The largest absolute Gasteiger partial charge is 0.413 e. The van der Waals surface area contributed by atoms with Crippen LogP contribution in [-0.2, 0) is 0 Å². The van der Waals surface area contributed by atoms with Gasteiger partial charge in [0.25, 0.3) is 0 Å². The molecule has 12 heavy (non-hydrogen) atoms. The summed E-state index contributed by atoms with van der Waals surface area (Å²) in [6, 6.07) is 4.17. The lowest BCUT2D eigenvalue weighted by molar-refractivity contribution is 0.225. The third kappa shape index (κ3) is 2.31. The summed E-state index contributed by atoms with van der Waals surface area (Å²) in [7, 11) is 0. The van der Waals surface area contributed by atoms with Gasteiger partial charge in [0.1, 0.15) is 11.6 Å². The molecule has 0 aliphatic heterocycles. The SMILES string of the molecule is O=C(Cl)Oc1cccc(F)c1I. The predicted octanol–water partition coefficient (Wildman–Crippen LogP) is 3.17. The molecule has 0 amide bonds. The summed E-state index contributed by atoms with van der Waals surface area (Å²) >= 11 is 6.68. The van der Waals surface area contributed by atoms with Crippen LogP contribution in [0, 0.1) is 9.39 Å². The van der Waals surface area contributed by atoms with E-state index in [0.717, 1.165) is 0 Å². The zero-order valence-corrected chi connectivity index (χ0v) is 8.60. The van der Waals surface area contributed by atoms with Crippen LogP contribution in [0.15, 0.2) is 18.2 Å². The molecule has 1 rings (SSSR count). The minimum atomic E-state index is -0.974. The lowest BCUT2D eigenvalue weighted by Crippen LogP contribution is -1.98. The molecule has 0 bridgehead atoms. The van der Waals surface area contributed by atoms with Crippen LogP contribution in [0.2, 0.25) is 0 Å². The fourth-order valence-corrected chi connectivity index (χ4v) is 1.20. The van der Waals surface area contributed by atoms with Gasteiger partial charge in [0, 0.05) is 11.6 Å². The number of halogens is 3. The molecule has 2 nitrogen and oxygen atoms in total. The Bertz CT molecular complexity index is 316. The van der Waals surface area contributed by atoms with Crippen LogP contribution in [0.4, 0.5) is 9.18 Å². The average molecular weight is 300 g/mol. The Labute approximate surface area is 86.8 Å². The topological polar surface area (TPSA) is 26.3 Å². The molecule has 0 fully saturated rings. The minimum absolute atomic E-state index is 0.135. The zero-order chi connectivity index (χ0) is 9.14. The molecule has 0 saturated carbocycles. The summed E-state index contributed by atoms with van der Waals surface area (Å²) in [5.74, 6) is -0.304. The van der Waals surface area contributed by atoms with E-state index in [4.69, 9.17) is 11.6 Å². The third-order valence-electron chi connectivity index (χ3n) is 1.11. The van der Waals surface area contributed by atoms with Crippen LogP contribution in [0.1, 0.15) is 0 Å². The van der Waals surface area contributed by atoms with Crippen molar-refractivity contribution in [3.63, 3.8) is 0 Å². The summed E-state index contributed by atoms with van der Waals surface area (Å²) in [5.41, 5.74) is -0.974. The van der Waals surface area contributed by atoms with Gasteiger partial charge in [-0.2, -0.15) is 0 Å². The average Bonchev–Trinajstić information content (AvgIpc) is 1.98. The third-order valence-corrected chi connectivity index (χ3v) is 2.23. The van der Waals surface area contributed by atoms with E-state index in [1.165, 1.54) is 18.2 Å². The second-order valence-electron chi connectivity index (χ2n) is 1.89. The smallest absolute Gasteiger partial charge is 0.409 e. The summed E-state index contributed by atoms with van der Waals surface area (Å²) in [6.07, 6.45) is 0. The van der Waals surface area contributed by atoms with Crippen molar-refractivity contribution >= 4 is 39.6 Å². The molecule has 0 heterocycles. The number of hydrogen-bond acceptors (Lipinski definition) is 2. The molecule has 0 atom stereocenters. The lowest BCUT2D eigenvalue weighted by Gasteiger charge is -2.02. The Balaban J connectivity index is 3.00. The van der Waals surface area contributed by atoms with Crippen LogP contribution in [0.25, 0.3) is 0 Å². The van der Waals surface area contributed by atoms with Gasteiger partial charge in [0.2, 0.25) is 0 Å². The normalized spacial score (nSPS) is 9.58. The van der Waals surface area contributed by atoms with Crippen LogP contribution in [0.5, 0.6) is 5.75 Å². The van der Waals surface area contributed by atoms with E-state index in [0.29, 0.717) is 0 Å². The van der Waals surface area contributed by atoms with Gasteiger partial charge in [-0.3, -0.25) is 0 Å². The molecule has 0 N–H and O–H groups in total. The Morgan fingerprint density at radius 2 is 2.25 bits per heavy atom. The van der Waals surface area contributed by atoms with Crippen molar-refractivity contribution in [1.29, 1.82) is 0 Å².